The number of nitrogens with two attached hydrogens (primary N) is 1. The van der Waals surface area contributed by atoms with E-state index in [4.69, 9.17) is 5.73 Å². The summed E-state index contributed by atoms with van der Waals surface area (Å²) in [5, 5.41) is 0. The molecule has 0 atom stereocenters. The lowest BCUT2D eigenvalue weighted by Gasteiger charge is -2.57. The minimum Gasteiger partial charge on any atom is -0.402 e. The maximum atomic E-state index is 13.4. The van der Waals surface area contributed by atoms with Crippen LogP contribution in [-0.2, 0) is 5.41 Å². The molecule has 0 radical (unpaired) electrons. The van der Waals surface area contributed by atoms with E-state index in [-0.39, 0.29) is 11.2 Å². The topological polar surface area (TPSA) is 26.0 Å². The molecule has 2 rings (SSSR count). The number of hydrogen-bond donors (Lipinski definition) is 1. The van der Waals surface area contributed by atoms with Gasteiger partial charge in [-0.2, -0.15) is 0 Å². The Bertz CT molecular complexity index is 452. The molecule has 1 nitrogen and oxygen atoms in total. The molecule has 1 aliphatic rings. The number of halogens is 1. The Kier molecular flexibility index (Phi) is 3.22. The first-order valence-electron chi connectivity index (χ1n) is 6.69. The Hall–Kier alpha value is -1.31. The number of benzene rings is 1. The van der Waals surface area contributed by atoms with Gasteiger partial charge >= 0.3 is 0 Å². The minimum atomic E-state index is -0.214. The second-order valence-corrected chi connectivity index (χ2v) is 5.68. The molecule has 0 aromatic heterocycles. The van der Waals surface area contributed by atoms with Crippen LogP contribution in [-0.4, -0.2) is 0 Å². The van der Waals surface area contributed by atoms with Crippen LogP contribution in [0.5, 0.6) is 0 Å². The molecule has 0 heterocycles. The molecule has 2 heteroatoms. The lowest BCUT2D eigenvalue weighted by atomic mass is 9.47. The summed E-state index contributed by atoms with van der Waals surface area (Å²) in [6.45, 7) is 8.39. The largest absolute Gasteiger partial charge is 0.402 e. The molecule has 0 aliphatic heterocycles. The van der Waals surface area contributed by atoms with Crippen molar-refractivity contribution in [2.75, 3.05) is 0 Å². The standard InChI is InChI=1S/C16H22FN/c1-4-15(5-2)10-16(11-15,12(3)18)13-7-6-8-14(17)9-13/h6-9H,3-5,10-11,18H2,1-2H3. The molecule has 0 saturated heterocycles. The zero-order valence-corrected chi connectivity index (χ0v) is 11.3. The van der Waals surface area contributed by atoms with Gasteiger partial charge < -0.3 is 5.73 Å². The van der Waals surface area contributed by atoms with E-state index in [0.717, 1.165) is 31.2 Å². The Morgan fingerprint density at radius 1 is 1.33 bits per heavy atom. The molecule has 18 heavy (non-hydrogen) atoms. The van der Waals surface area contributed by atoms with Crippen molar-refractivity contribution in [1.82, 2.24) is 0 Å². The molecular formula is C16H22FN. The summed E-state index contributed by atoms with van der Waals surface area (Å²) >= 11 is 0. The van der Waals surface area contributed by atoms with Crippen molar-refractivity contribution < 1.29 is 4.39 Å². The molecule has 1 saturated carbocycles. The lowest BCUT2D eigenvalue weighted by Crippen LogP contribution is -2.51. The maximum absolute atomic E-state index is 13.4. The molecular weight excluding hydrogens is 225 g/mol. The van der Waals surface area contributed by atoms with Gasteiger partial charge in [-0.1, -0.05) is 45.4 Å². The average molecular weight is 247 g/mol. The average Bonchev–Trinajstić information content (AvgIpc) is 2.29. The number of hydrogen-bond acceptors (Lipinski definition) is 1. The van der Waals surface area contributed by atoms with Crippen LogP contribution < -0.4 is 5.73 Å². The number of rotatable bonds is 4. The summed E-state index contributed by atoms with van der Waals surface area (Å²) in [6, 6.07) is 6.80. The van der Waals surface area contributed by atoms with E-state index in [0.29, 0.717) is 11.1 Å². The highest BCUT2D eigenvalue weighted by molar-refractivity contribution is 5.39. The summed E-state index contributed by atoms with van der Waals surface area (Å²) in [5.41, 5.74) is 7.82. The van der Waals surface area contributed by atoms with E-state index >= 15 is 0 Å². The first kappa shape index (κ1) is 13.1. The Labute approximate surface area is 109 Å². The van der Waals surface area contributed by atoms with E-state index in [1.54, 1.807) is 12.1 Å². The maximum Gasteiger partial charge on any atom is 0.123 e. The van der Waals surface area contributed by atoms with Gasteiger partial charge in [0, 0.05) is 11.1 Å². The van der Waals surface area contributed by atoms with Gasteiger partial charge in [0.2, 0.25) is 0 Å². The molecule has 0 unspecified atom stereocenters. The van der Waals surface area contributed by atoms with Crippen LogP contribution in [0.3, 0.4) is 0 Å². The van der Waals surface area contributed by atoms with Crippen molar-refractivity contribution in [3.05, 3.63) is 47.9 Å². The van der Waals surface area contributed by atoms with Crippen molar-refractivity contribution in [2.24, 2.45) is 11.1 Å². The van der Waals surface area contributed by atoms with Gasteiger partial charge in [0.1, 0.15) is 5.82 Å². The Morgan fingerprint density at radius 2 is 1.94 bits per heavy atom. The van der Waals surface area contributed by atoms with E-state index < -0.39 is 0 Å². The molecule has 98 valence electrons. The highest BCUT2D eigenvalue weighted by atomic mass is 19.1. The van der Waals surface area contributed by atoms with Crippen LogP contribution in [0, 0.1) is 11.2 Å². The molecule has 0 bridgehead atoms. The van der Waals surface area contributed by atoms with E-state index in [1.807, 2.05) is 6.07 Å². The molecule has 1 aromatic rings. The third kappa shape index (κ3) is 1.84. The molecule has 1 fully saturated rings. The van der Waals surface area contributed by atoms with Crippen LogP contribution in [0.2, 0.25) is 0 Å². The normalized spacial score (nSPS) is 20.2. The second-order valence-electron chi connectivity index (χ2n) is 5.68. The zero-order chi connectivity index (χ0) is 13.4. The predicted octanol–water partition coefficient (Wildman–Crippen LogP) is 4.14. The SMILES string of the molecule is C=C(N)C1(c2cccc(F)c2)CC(CC)(CC)C1. The fourth-order valence-electron chi connectivity index (χ4n) is 3.38. The summed E-state index contributed by atoms with van der Waals surface area (Å²) < 4.78 is 13.4. The Balaban J connectivity index is 2.35. The van der Waals surface area contributed by atoms with E-state index in [1.165, 1.54) is 6.07 Å². The highest BCUT2D eigenvalue weighted by Crippen LogP contribution is 2.61. The van der Waals surface area contributed by atoms with Gasteiger partial charge in [0.05, 0.1) is 0 Å². The summed E-state index contributed by atoms with van der Waals surface area (Å²) in [5.74, 6) is -0.196. The van der Waals surface area contributed by atoms with Gasteiger partial charge in [-0.15, -0.1) is 0 Å². The fourth-order valence-corrected chi connectivity index (χ4v) is 3.38. The van der Waals surface area contributed by atoms with Crippen LogP contribution in [0.15, 0.2) is 36.5 Å². The van der Waals surface area contributed by atoms with Crippen LogP contribution in [0.1, 0.15) is 45.1 Å². The summed E-state index contributed by atoms with van der Waals surface area (Å²) in [6.07, 6.45) is 4.28. The summed E-state index contributed by atoms with van der Waals surface area (Å²) in [7, 11) is 0. The first-order chi connectivity index (χ1) is 8.48. The van der Waals surface area contributed by atoms with Crippen molar-refractivity contribution in [1.29, 1.82) is 0 Å². The number of allylic oxidation sites excluding steroid dienone is 1. The zero-order valence-electron chi connectivity index (χ0n) is 11.3. The molecule has 0 amide bonds. The van der Waals surface area contributed by atoms with Crippen LogP contribution in [0.4, 0.5) is 4.39 Å². The molecule has 1 aromatic carbocycles. The third-order valence-corrected chi connectivity index (χ3v) is 4.85. The van der Waals surface area contributed by atoms with Gasteiger partial charge in [0.25, 0.3) is 0 Å². The van der Waals surface area contributed by atoms with Crippen molar-refractivity contribution in [2.45, 2.75) is 44.9 Å². The monoisotopic (exact) mass is 247 g/mol. The van der Waals surface area contributed by atoms with Gasteiger partial charge in [-0.3, -0.25) is 0 Å². The van der Waals surface area contributed by atoms with Crippen molar-refractivity contribution >= 4 is 0 Å². The van der Waals surface area contributed by atoms with Gasteiger partial charge in [0.15, 0.2) is 0 Å². The summed E-state index contributed by atoms with van der Waals surface area (Å²) in [4.78, 5) is 0. The van der Waals surface area contributed by atoms with E-state index in [2.05, 4.69) is 20.4 Å². The van der Waals surface area contributed by atoms with Crippen LogP contribution >= 0.6 is 0 Å². The second kappa shape index (κ2) is 4.42. The van der Waals surface area contributed by atoms with Crippen molar-refractivity contribution in [3.63, 3.8) is 0 Å². The quantitative estimate of drug-likeness (QED) is 0.850. The predicted molar refractivity (Wildman–Crippen MR) is 73.7 cm³/mol. The molecule has 0 spiro atoms. The smallest absolute Gasteiger partial charge is 0.123 e. The van der Waals surface area contributed by atoms with E-state index in [9.17, 15) is 4.39 Å². The fraction of sp³-hybridized carbons (Fsp3) is 0.500. The first-order valence-corrected chi connectivity index (χ1v) is 6.69. The highest BCUT2D eigenvalue weighted by Gasteiger charge is 2.54. The molecule has 2 N–H and O–H groups in total. The third-order valence-electron chi connectivity index (χ3n) is 4.85. The minimum absolute atomic E-state index is 0.196. The lowest BCUT2D eigenvalue weighted by molar-refractivity contribution is 0.0351. The van der Waals surface area contributed by atoms with Gasteiger partial charge in [-0.05, 0) is 36.0 Å². The van der Waals surface area contributed by atoms with Gasteiger partial charge in [-0.25, -0.2) is 4.39 Å². The van der Waals surface area contributed by atoms with Crippen LogP contribution in [0.25, 0.3) is 0 Å². The molecule has 1 aliphatic carbocycles. The Morgan fingerprint density at radius 3 is 2.39 bits per heavy atom. The van der Waals surface area contributed by atoms with Crippen molar-refractivity contribution in [3.8, 4) is 0 Å².